The van der Waals surface area contributed by atoms with Crippen molar-refractivity contribution in [3.05, 3.63) is 40.8 Å². The third kappa shape index (κ3) is 6.20. The Balaban J connectivity index is 1.30. The number of anilines is 2. The molecule has 7 rings (SSSR count). The van der Waals surface area contributed by atoms with Gasteiger partial charge in [0.25, 0.3) is 0 Å². The summed E-state index contributed by atoms with van der Waals surface area (Å²) in [5, 5.41) is 12.4. The second-order valence-corrected chi connectivity index (χ2v) is 15.0. The fourth-order valence-electron chi connectivity index (χ4n) is 7.18. The lowest BCUT2D eigenvalue weighted by molar-refractivity contribution is 0.0130. The van der Waals surface area contributed by atoms with Gasteiger partial charge in [0.1, 0.15) is 16.9 Å². The molecule has 0 spiro atoms. The molecule has 2 aliphatic heterocycles. The van der Waals surface area contributed by atoms with Crippen molar-refractivity contribution in [3.8, 4) is 11.1 Å². The molecule has 4 heterocycles. The van der Waals surface area contributed by atoms with Crippen LogP contribution in [-0.2, 0) is 4.74 Å². The zero-order valence-electron chi connectivity index (χ0n) is 28.0. The first-order valence-corrected chi connectivity index (χ1v) is 17.2. The Morgan fingerprint density at radius 1 is 1.04 bits per heavy atom. The fourth-order valence-corrected chi connectivity index (χ4v) is 7.47. The van der Waals surface area contributed by atoms with Crippen LogP contribution in [0.1, 0.15) is 65.9 Å². The van der Waals surface area contributed by atoms with Gasteiger partial charge in [0.15, 0.2) is 5.82 Å². The van der Waals surface area contributed by atoms with Crippen molar-refractivity contribution >= 4 is 51.3 Å². The summed E-state index contributed by atoms with van der Waals surface area (Å²) in [7, 11) is 0. The van der Waals surface area contributed by atoms with Crippen molar-refractivity contribution in [2.75, 3.05) is 36.4 Å². The first-order chi connectivity index (χ1) is 22.4. The molecular formula is C35H44ClFN8O2. The van der Waals surface area contributed by atoms with Crippen molar-refractivity contribution in [2.45, 2.75) is 97.0 Å². The Labute approximate surface area is 280 Å². The molecule has 2 atom stereocenters. The highest BCUT2D eigenvalue weighted by Gasteiger charge is 2.37. The standard InChI is InChI=1S/C35H44ClFN8O2/c1-19-7-10-27-25(16-38-42-27)28(19)29-26(36)15-24-31(30(29)37)40-33(39-22-11-13-43(14-12-22)23-8-9-23)41-32(24)44-17-21(3)45(18-20(44)2)34(46)47-35(4,5)6/h7,10,15-16,20-23H,8-9,11-14,17-18H2,1-6H3,(H,38,42)(H,39,40,41). The Hall–Kier alpha value is -3.70. The number of hydrogen-bond donors (Lipinski definition) is 2. The number of halogens is 2. The van der Waals surface area contributed by atoms with E-state index in [2.05, 4.69) is 25.3 Å². The van der Waals surface area contributed by atoms with Crippen molar-refractivity contribution < 1.29 is 13.9 Å². The number of nitrogens with zero attached hydrogens (tertiary/aromatic N) is 6. The van der Waals surface area contributed by atoms with Gasteiger partial charge in [-0.25, -0.2) is 14.2 Å². The van der Waals surface area contributed by atoms with E-state index in [1.807, 2.05) is 53.7 Å². The average molecular weight is 663 g/mol. The highest BCUT2D eigenvalue weighted by atomic mass is 35.5. The molecule has 3 aliphatic rings. The molecule has 2 aromatic heterocycles. The second kappa shape index (κ2) is 12.1. The first kappa shape index (κ1) is 31.9. The van der Waals surface area contributed by atoms with Crippen LogP contribution in [0.5, 0.6) is 0 Å². The average Bonchev–Trinajstić information content (AvgIpc) is 3.75. The van der Waals surface area contributed by atoms with Crippen LogP contribution in [0.2, 0.25) is 5.02 Å². The SMILES string of the molecule is Cc1ccc2[nH]ncc2c1-c1c(Cl)cc2c(N3CC(C)N(C(=O)OC(C)(C)C)CC3C)nc(NC3CCN(C4CC4)CC3)nc2c1F. The lowest BCUT2D eigenvalue weighted by atomic mass is 9.95. The zero-order valence-corrected chi connectivity index (χ0v) is 28.8. The number of piperazine rings is 1. The minimum Gasteiger partial charge on any atom is -0.444 e. The number of aromatic amines is 1. The van der Waals surface area contributed by atoms with Crippen molar-refractivity contribution in [1.29, 1.82) is 0 Å². The largest absolute Gasteiger partial charge is 0.444 e. The third-order valence-electron chi connectivity index (χ3n) is 9.76. The number of aromatic nitrogens is 4. The van der Waals surface area contributed by atoms with E-state index in [4.69, 9.17) is 26.3 Å². The maximum Gasteiger partial charge on any atom is 0.410 e. The number of carbonyl (C=O) groups is 1. The molecule has 2 aromatic carbocycles. The van der Waals surface area contributed by atoms with Crippen LogP contribution < -0.4 is 10.2 Å². The Kier molecular flexibility index (Phi) is 8.19. The molecule has 12 heteroatoms. The van der Waals surface area contributed by atoms with Gasteiger partial charge in [-0.2, -0.15) is 10.1 Å². The topological polar surface area (TPSA) is 103 Å². The van der Waals surface area contributed by atoms with E-state index in [0.29, 0.717) is 41.4 Å². The summed E-state index contributed by atoms with van der Waals surface area (Å²) in [6, 6.07) is 6.29. The molecule has 47 heavy (non-hydrogen) atoms. The number of H-pyrrole nitrogens is 1. The predicted octanol–water partition coefficient (Wildman–Crippen LogP) is 7.15. The first-order valence-electron chi connectivity index (χ1n) is 16.8. The summed E-state index contributed by atoms with van der Waals surface area (Å²) in [5.74, 6) is 0.506. The highest BCUT2D eigenvalue weighted by Crippen LogP contribution is 2.43. The third-order valence-corrected chi connectivity index (χ3v) is 10.1. The van der Waals surface area contributed by atoms with Crippen LogP contribution in [0, 0.1) is 12.7 Å². The molecule has 0 bridgehead atoms. The minimum atomic E-state index is -0.597. The highest BCUT2D eigenvalue weighted by molar-refractivity contribution is 6.35. The molecule has 1 amide bonds. The van der Waals surface area contributed by atoms with Gasteiger partial charge in [-0.1, -0.05) is 17.7 Å². The van der Waals surface area contributed by atoms with Crippen LogP contribution in [0.3, 0.4) is 0 Å². The monoisotopic (exact) mass is 662 g/mol. The predicted molar refractivity (Wildman–Crippen MR) is 185 cm³/mol. The van der Waals surface area contributed by atoms with E-state index in [-0.39, 0.29) is 34.8 Å². The van der Waals surface area contributed by atoms with E-state index in [9.17, 15) is 4.79 Å². The summed E-state index contributed by atoms with van der Waals surface area (Å²) in [6.07, 6.45) is 5.91. The molecule has 10 nitrogen and oxygen atoms in total. The van der Waals surface area contributed by atoms with Gasteiger partial charge in [0, 0.05) is 72.2 Å². The molecule has 0 radical (unpaired) electrons. The minimum absolute atomic E-state index is 0.130. The van der Waals surface area contributed by atoms with Crippen LogP contribution in [0.4, 0.5) is 21.0 Å². The van der Waals surface area contributed by atoms with E-state index in [1.54, 1.807) is 17.2 Å². The van der Waals surface area contributed by atoms with Crippen LogP contribution in [0.25, 0.3) is 32.9 Å². The van der Waals surface area contributed by atoms with E-state index < -0.39 is 11.4 Å². The Morgan fingerprint density at radius 3 is 2.49 bits per heavy atom. The molecule has 4 aromatic rings. The molecule has 2 unspecified atom stereocenters. The fraction of sp³-hybridized carbons (Fsp3) is 0.543. The van der Waals surface area contributed by atoms with Crippen LogP contribution in [-0.4, -0.2) is 92.0 Å². The second-order valence-electron chi connectivity index (χ2n) is 14.6. The summed E-state index contributed by atoms with van der Waals surface area (Å²) < 4.78 is 22.8. The number of likely N-dealkylation sites (tertiary alicyclic amines) is 1. The van der Waals surface area contributed by atoms with Gasteiger partial charge < -0.3 is 24.8 Å². The van der Waals surface area contributed by atoms with Gasteiger partial charge >= 0.3 is 6.09 Å². The summed E-state index contributed by atoms with van der Waals surface area (Å²) in [4.78, 5) is 29.5. The molecule has 3 fully saturated rings. The number of amides is 1. The Morgan fingerprint density at radius 2 is 1.79 bits per heavy atom. The normalized spacial score (nSPS) is 21.5. The quantitative estimate of drug-likeness (QED) is 0.232. The van der Waals surface area contributed by atoms with E-state index >= 15 is 4.39 Å². The van der Waals surface area contributed by atoms with Crippen LogP contribution >= 0.6 is 11.6 Å². The smallest absolute Gasteiger partial charge is 0.410 e. The van der Waals surface area contributed by atoms with E-state index in [0.717, 1.165) is 48.4 Å². The molecule has 1 saturated carbocycles. The number of benzene rings is 2. The van der Waals surface area contributed by atoms with Gasteiger partial charge in [-0.05, 0) is 84.9 Å². The summed E-state index contributed by atoms with van der Waals surface area (Å²) in [5.41, 5.74) is 2.29. The number of aryl methyl sites for hydroxylation is 1. The number of rotatable bonds is 5. The van der Waals surface area contributed by atoms with Gasteiger partial charge in [-0.15, -0.1) is 0 Å². The molecule has 2 saturated heterocycles. The number of ether oxygens (including phenoxy) is 1. The maximum atomic E-state index is 17.1. The number of nitrogens with one attached hydrogen (secondary N) is 2. The molecule has 1 aliphatic carbocycles. The Bertz CT molecular complexity index is 1830. The van der Waals surface area contributed by atoms with Gasteiger partial charge in [-0.3, -0.25) is 5.10 Å². The lowest BCUT2D eigenvalue weighted by Gasteiger charge is -2.45. The summed E-state index contributed by atoms with van der Waals surface area (Å²) >= 11 is 6.99. The van der Waals surface area contributed by atoms with Crippen molar-refractivity contribution in [3.63, 3.8) is 0 Å². The van der Waals surface area contributed by atoms with Gasteiger partial charge in [0.05, 0.1) is 16.7 Å². The van der Waals surface area contributed by atoms with Crippen molar-refractivity contribution in [2.24, 2.45) is 0 Å². The maximum absolute atomic E-state index is 17.1. The lowest BCUT2D eigenvalue weighted by Crippen LogP contribution is -2.59. The summed E-state index contributed by atoms with van der Waals surface area (Å²) in [6.45, 7) is 14.6. The number of carbonyl (C=O) groups excluding carboxylic acids is 1. The molecular weight excluding hydrogens is 619 g/mol. The number of piperidine rings is 1. The van der Waals surface area contributed by atoms with Gasteiger partial charge in [0.2, 0.25) is 5.95 Å². The number of hydrogen-bond acceptors (Lipinski definition) is 8. The van der Waals surface area contributed by atoms with Crippen LogP contribution in [0.15, 0.2) is 24.4 Å². The molecule has 250 valence electrons. The van der Waals surface area contributed by atoms with Crippen molar-refractivity contribution in [1.82, 2.24) is 30.0 Å². The number of fused-ring (bicyclic) bond motifs is 2. The van der Waals surface area contributed by atoms with E-state index in [1.165, 1.54) is 12.8 Å². The zero-order chi connectivity index (χ0) is 33.2. The molecule has 2 N–H and O–H groups in total.